The van der Waals surface area contributed by atoms with Gasteiger partial charge in [-0.3, -0.25) is 10.1 Å². The molecular weight excluding hydrogens is 370 g/mol. The molecule has 0 radical (unpaired) electrons. The maximum absolute atomic E-state index is 13.6. The van der Waals surface area contributed by atoms with Gasteiger partial charge in [-0.15, -0.1) is 0 Å². The minimum absolute atomic E-state index is 0.0738. The largest absolute Gasteiger partial charge is 0.480 e. The molecule has 1 N–H and O–H groups in total. The second-order valence-electron chi connectivity index (χ2n) is 4.44. The fraction of sp³-hybridized carbons (Fsp3) is 0.364. The Labute approximate surface area is 122 Å². The van der Waals surface area contributed by atoms with Gasteiger partial charge in [0.2, 0.25) is 0 Å². The Bertz CT molecular complexity index is 548. The maximum Gasteiger partial charge on any atom is 0.328 e. The number of anilines is 1. The van der Waals surface area contributed by atoms with E-state index in [1.807, 2.05) is 0 Å². The molecule has 0 unspecified atom stereocenters. The van der Waals surface area contributed by atoms with Gasteiger partial charge in [-0.2, -0.15) is 0 Å². The lowest BCUT2D eigenvalue weighted by molar-refractivity contribution is -0.384. The predicted molar refractivity (Wildman–Crippen MR) is 75.9 cm³/mol. The highest BCUT2D eigenvalue weighted by molar-refractivity contribution is 14.1. The second-order valence-corrected chi connectivity index (χ2v) is 5.60. The molecule has 0 amide bonds. The molecule has 19 heavy (non-hydrogen) atoms. The number of hydrogen-bond donors (Lipinski definition) is 1. The van der Waals surface area contributed by atoms with Crippen molar-refractivity contribution in [2.45, 2.75) is 19.4 Å². The van der Waals surface area contributed by atoms with Crippen molar-refractivity contribution in [2.24, 2.45) is 0 Å². The lowest BCUT2D eigenvalue weighted by atomic mass is 10.0. The zero-order valence-electron chi connectivity index (χ0n) is 10.5. The van der Waals surface area contributed by atoms with Gasteiger partial charge >= 0.3 is 5.97 Å². The predicted octanol–water partition coefficient (Wildman–Crippen LogP) is 2.64. The van der Waals surface area contributed by atoms with E-state index in [2.05, 4.69) is 0 Å². The molecule has 0 heterocycles. The summed E-state index contributed by atoms with van der Waals surface area (Å²) in [5.74, 6) is -1.79. The van der Waals surface area contributed by atoms with Crippen LogP contribution in [0.3, 0.4) is 0 Å². The van der Waals surface area contributed by atoms with Gasteiger partial charge in [0.15, 0.2) is 0 Å². The lowest BCUT2D eigenvalue weighted by Gasteiger charge is -2.33. The molecule has 1 aromatic carbocycles. The average Bonchev–Trinajstić information content (AvgIpc) is 2.30. The van der Waals surface area contributed by atoms with Crippen LogP contribution in [-0.2, 0) is 4.79 Å². The number of nitro benzene ring substituents is 1. The second kappa shape index (κ2) is 5.27. The van der Waals surface area contributed by atoms with Crippen LogP contribution in [0.1, 0.15) is 13.8 Å². The van der Waals surface area contributed by atoms with Crippen molar-refractivity contribution < 1.29 is 19.2 Å². The fourth-order valence-corrected chi connectivity index (χ4v) is 1.84. The number of likely N-dealkylation sites (N-methyl/N-ethyl adjacent to an activating group) is 1. The van der Waals surface area contributed by atoms with Crippen LogP contribution in [0, 0.1) is 19.5 Å². The van der Waals surface area contributed by atoms with E-state index in [0.29, 0.717) is 0 Å². The molecule has 0 spiro atoms. The van der Waals surface area contributed by atoms with E-state index in [1.54, 1.807) is 22.6 Å². The van der Waals surface area contributed by atoms with Gasteiger partial charge in [0.25, 0.3) is 5.69 Å². The third-order valence-electron chi connectivity index (χ3n) is 2.94. The Morgan fingerprint density at radius 2 is 2.05 bits per heavy atom. The van der Waals surface area contributed by atoms with Crippen LogP contribution in [0.15, 0.2) is 12.1 Å². The maximum atomic E-state index is 13.6. The van der Waals surface area contributed by atoms with Gasteiger partial charge in [0, 0.05) is 19.2 Å². The quantitative estimate of drug-likeness (QED) is 0.492. The van der Waals surface area contributed by atoms with Crippen LogP contribution < -0.4 is 4.90 Å². The number of hydrogen-bond acceptors (Lipinski definition) is 4. The zero-order valence-corrected chi connectivity index (χ0v) is 12.6. The zero-order chi connectivity index (χ0) is 15.0. The van der Waals surface area contributed by atoms with Crippen LogP contribution in [0.5, 0.6) is 0 Å². The van der Waals surface area contributed by atoms with Crippen molar-refractivity contribution in [2.75, 3.05) is 11.9 Å². The summed E-state index contributed by atoms with van der Waals surface area (Å²) >= 11 is 1.64. The number of carboxylic acid groups (broad SMARTS) is 1. The normalized spacial score (nSPS) is 11.2. The van der Waals surface area contributed by atoms with E-state index in [-0.39, 0.29) is 14.9 Å². The monoisotopic (exact) mass is 382 g/mol. The first-order valence-electron chi connectivity index (χ1n) is 5.19. The summed E-state index contributed by atoms with van der Waals surface area (Å²) in [7, 11) is 1.38. The van der Waals surface area contributed by atoms with E-state index >= 15 is 0 Å². The molecule has 1 aromatic rings. The molecule has 0 aliphatic carbocycles. The van der Waals surface area contributed by atoms with Crippen molar-refractivity contribution in [1.82, 2.24) is 0 Å². The summed E-state index contributed by atoms with van der Waals surface area (Å²) in [4.78, 5) is 22.7. The number of benzene rings is 1. The summed E-state index contributed by atoms with van der Waals surface area (Å²) in [6.07, 6.45) is 0. The molecule has 1 rings (SSSR count). The van der Waals surface area contributed by atoms with Gasteiger partial charge in [0.1, 0.15) is 17.0 Å². The Morgan fingerprint density at radius 3 is 2.47 bits per heavy atom. The highest BCUT2D eigenvalue weighted by Crippen LogP contribution is 2.34. The van der Waals surface area contributed by atoms with Crippen molar-refractivity contribution in [3.63, 3.8) is 0 Å². The molecule has 0 saturated carbocycles. The van der Waals surface area contributed by atoms with Gasteiger partial charge in [-0.25, -0.2) is 9.18 Å². The summed E-state index contributed by atoms with van der Waals surface area (Å²) in [6.45, 7) is 2.77. The molecule has 0 aromatic heterocycles. The molecule has 104 valence electrons. The molecular formula is C11H12FIN2O4. The highest BCUT2D eigenvalue weighted by atomic mass is 127. The molecule has 6 nitrogen and oxygen atoms in total. The number of aliphatic carboxylic acids is 1. The highest BCUT2D eigenvalue weighted by Gasteiger charge is 2.36. The number of nitrogens with zero attached hydrogens (tertiary/aromatic N) is 2. The molecule has 0 saturated heterocycles. The van der Waals surface area contributed by atoms with Crippen molar-refractivity contribution >= 4 is 39.9 Å². The Balaban J connectivity index is 3.45. The number of rotatable bonds is 4. The number of halogens is 2. The standard InChI is InChI=1S/C11H12FIN2O4/c1-11(2,10(16)17)14(3)8-4-6(12)7(13)5-9(8)15(18)19/h4-5H,1-3H3,(H,16,17). The van der Waals surface area contributed by atoms with Crippen molar-refractivity contribution in [3.8, 4) is 0 Å². The molecule has 0 fully saturated rings. The lowest BCUT2D eigenvalue weighted by Crippen LogP contribution is -2.48. The Morgan fingerprint density at radius 1 is 1.53 bits per heavy atom. The van der Waals surface area contributed by atoms with Gasteiger partial charge in [-0.1, -0.05) is 0 Å². The van der Waals surface area contributed by atoms with Crippen LogP contribution >= 0.6 is 22.6 Å². The van der Waals surface area contributed by atoms with Gasteiger partial charge in [0.05, 0.1) is 8.49 Å². The molecule has 8 heteroatoms. The van der Waals surface area contributed by atoms with Crippen LogP contribution in [0.4, 0.5) is 15.8 Å². The Hall–Kier alpha value is -1.45. The summed E-state index contributed by atoms with van der Waals surface area (Å²) < 4.78 is 13.7. The molecule has 0 aliphatic rings. The van der Waals surface area contributed by atoms with Gasteiger partial charge in [-0.05, 0) is 36.4 Å². The van der Waals surface area contributed by atoms with E-state index in [1.165, 1.54) is 25.8 Å². The molecule has 0 aliphatic heterocycles. The van der Waals surface area contributed by atoms with Crippen LogP contribution in [0.25, 0.3) is 0 Å². The first-order valence-corrected chi connectivity index (χ1v) is 6.27. The SMILES string of the molecule is CN(c1cc(F)c(I)cc1[N+](=O)[O-])C(C)(C)C(=O)O. The van der Waals surface area contributed by atoms with E-state index in [4.69, 9.17) is 5.11 Å². The molecule has 0 atom stereocenters. The number of carboxylic acids is 1. The first-order chi connectivity index (χ1) is 8.59. The van der Waals surface area contributed by atoms with Crippen LogP contribution in [0.2, 0.25) is 0 Å². The number of carbonyl (C=O) groups is 1. The molecule has 0 bridgehead atoms. The third-order valence-corrected chi connectivity index (χ3v) is 3.76. The first kappa shape index (κ1) is 15.6. The third kappa shape index (κ3) is 2.94. The smallest absolute Gasteiger partial charge is 0.328 e. The van der Waals surface area contributed by atoms with Crippen molar-refractivity contribution in [1.29, 1.82) is 0 Å². The summed E-state index contributed by atoms with van der Waals surface area (Å²) in [5.41, 5.74) is -1.80. The van der Waals surface area contributed by atoms with E-state index < -0.39 is 22.2 Å². The van der Waals surface area contributed by atoms with E-state index in [9.17, 15) is 19.3 Å². The van der Waals surface area contributed by atoms with Crippen LogP contribution in [-0.4, -0.2) is 28.6 Å². The number of nitro groups is 1. The Kier molecular flexibility index (Phi) is 4.33. The summed E-state index contributed by atoms with van der Waals surface area (Å²) in [6, 6.07) is 2.06. The topological polar surface area (TPSA) is 83.7 Å². The van der Waals surface area contributed by atoms with E-state index in [0.717, 1.165) is 12.1 Å². The average molecular weight is 382 g/mol. The van der Waals surface area contributed by atoms with Gasteiger partial charge < -0.3 is 10.0 Å². The minimum Gasteiger partial charge on any atom is -0.480 e. The van der Waals surface area contributed by atoms with Crippen molar-refractivity contribution in [3.05, 3.63) is 31.6 Å². The summed E-state index contributed by atoms with van der Waals surface area (Å²) in [5, 5.41) is 20.1. The minimum atomic E-state index is -1.40. The fourth-order valence-electron chi connectivity index (χ4n) is 1.39.